The molecule has 250 valence electrons. The summed E-state index contributed by atoms with van der Waals surface area (Å²) in [4.78, 5) is 36.2. The summed E-state index contributed by atoms with van der Waals surface area (Å²) in [7, 11) is 1.40. The largest absolute Gasteiger partial charge is 0.508 e. The number of phenols is 1. The van der Waals surface area contributed by atoms with Gasteiger partial charge in [0.05, 0.1) is 24.6 Å². The van der Waals surface area contributed by atoms with Crippen molar-refractivity contribution in [3.05, 3.63) is 81.0 Å². The van der Waals surface area contributed by atoms with Crippen molar-refractivity contribution in [2.24, 2.45) is 0 Å². The van der Waals surface area contributed by atoms with E-state index in [1.54, 1.807) is 6.92 Å². The van der Waals surface area contributed by atoms with Gasteiger partial charge in [-0.2, -0.15) is 9.97 Å². The average molecular weight is 666 g/mol. The Bertz CT molecular complexity index is 2240. The number of carbonyl (C=O) groups is 1. The van der Waals surface area contributed by atoms with Gasteiger partial charge in [0.25, 0.3) is 0 Å². The van der Waals surface area contributed by atoms with E-state index in [1.165, 1.54) is 44.2 Å². The number of hydrogen-bond acceptors (Lipinski definition) is 9. The Hall–Kier alpha value is -5.54. The van der Waals surface area contributed by atoms with E-state index < -0.39 is 17.6 Å². The summed E-state index contributed by atoms with van der Waals surface area (Å²) in [5.74, 6) is 1.82. The van der Waals surface area contributed by atoms with Crippen LogP contribution in [0.25, 0.3) is 33.0 Å². The van der Waals surface area contributed by atoms with Crippen molar-refractivity contribution in [3.8, 4) is 35.4 Å². The highest BCUT2D eigenvalue weighted by Gasteiger charge is 2.34. The standard InChI is InChI=1S/C30H21FN4O5.C7H12FN/c1-4-19-21(31)7-6-16-10-18(36)12-20(24(16)19)27-14(2)26-25(29(38)40-27)28(35-30(34-26)39-3)32-13-15-5-8-22-17(9-15)11-23(37)33-22;8-6-4-7-2-1-3-9(7)5-6/h1,5-10,12,36H,11,13H2,2-3H3,(H,33,37)(H,32,34,35);6-7H,1-5H2. The molecule has 0 radical (unpaired) electrons. The smallest absolute Gasteiger partial charge is 0.349 e. The first kappa shape index (κ1) is 32.0. The molecule has 3 N–H and O–H groups in total. The van der Waals surface area contributed by atoms with Crippen molar-refractivity contribution in [1.82, 2.24) is 14.9 Å². The number of fused-ring (bicyclic) bond motifs is 4. The van der Waals surface area contributed by atoms with Gasteiger partial charge in [-0.3, -0.25) is 9.69 Å². The molecular weight excluding hydrogens is 632 g/mol. The number of alkyl halides is 1. The van der Waals surface area contributed by atoms with Crippen LogP contribution in [-0.4, -0.2) is 58.3 Å². The van der Waals surface area contributed by atoms with Crippen LogP contribution in [0.3, 0.4) is 0 Å². The third-order valence-corrected chi connectivity index (χ3v) is 9.32. The lowest BCUT2D eigenvalue weighted by Gasteiger charge is -2.15. The monoisotopic (exact) mass is 665 g/mol. The normalized spacial score (nSPS) is 18.1. The van der Waals surface area contributed by atoms with Crippen LogP contribution in [0.5, 0.6) is 11.8 Å². The van der Waals surface area contributed by atoms with Crippen LogP contribution in [0.15, 0.2) is 51.7 Å². The quantitative estimate of drug-likeness (QED) is 0.198. The van der Waals surface area contributed by atoms with E-state index in [0.717, 1.165) is 29.8 Å². The number of aryl methyl sites for hydroxylation is 1. The fraction of sp³-hybridized carbons (Fsp3) is 0.297. The molecule has 2 saturated heterocycles. The van der Waals surface area contributed by atoms with E-state index >= 15 is 0 Å². The molecule has 0 spiro atoms. The van der Waals surface area contributed by atoms with Gasteiger partial charge in [0, 0.05) is 41.3 Å². The number of phenolic OH excluding ortho intramolecular Hbond substituents is 1. The lowest BCUT2D eigenvalue weighted by molar-refractivity contribution is -0.115. The Balaban J connectivity index is 0.000000361. The minimum absolute atomic E-state index is 0.00882. The number of aromatic nitrogens is 2. The molecule has 0 aliphatic carbocycles. The molecule has 0 bridgehead atoms. The molecule has 5 aromatic rings. The molecule has 3 aliphatic rings. The maximum Gasteiger partial charge on any atom is 0.349 e. The van der Waals surface area contributed by atoms with Gasteiger partial charge < -0.3 is 24.9 Å². The number of terminal acetylenes is 1. The summed E-state index contributed by atoms with van der Waals surface area (Å²) in [5, 5.41) is 17.2. The molecule has 1 amide bonds. The zero-order valence-corrected chi connectivity index (χ0v) is 26.9. The Morgan fingerprint density at radius 1 is 1.18 bits per heavy atom. The second-order valence-electron chi connectivity index (χ2n) is 12.5. The van der Waals surface area contributed by atoms with E-state index in [-0.39, 0.29) is 51.3 Å². The molecule has 3 aromatic carbocycles. The molecule has 3 aliphatic heterocycles. The fourth-order valence-corrected chi connectivity index (χ4v) is 7.06. The summed E-state index contributed by atoms with van der Waals surface area (Å²) in [5.41, 5.74) is 2.68. The minimum atomic E-state index is -0.750. The summed E-state index contributed by atoms with van der Waals surface area (Å²) < 4.78 is 38.4. The van der Waals surface area contributed by atoms with Crippen molar-refractivity contribution >= 4 is 39.1 Å². The number of anilines is 2. The van der Waals surface area contributed by atoms with E-state index in [9.17, 15) is 23.5 Å². The summed E-state index contributed by atoms with van der Waals surface area (Å²) in [6.45, 7) is 3.83. The molecule has 12 heteroatoms. The fourth-order valence-electron chi connectivity index (χ4n) is 7.06. The van der Waals surface area contributed by atoms with E-state index in [4.69, 9.17) is 15.6 Å². The van der Waals surface area contributed by atoms with Gasteiger partial charge in [-0.05, 0) is 73.5 Å². The first-order valence-electron chi connectivity index (χ1n) is 16.0. The number of ether oxygens (including phenoxy) is 1. The Labute approximate surface area is 280 Å². The molecule has 2 unspecified atom stereocenters. The number of benzene rings is 3. The van der Waals surface area contributed by atoms with Gasteiger partial charge in [-0.15, -0.1) is 6.42 Å². The zero-order chi connectivity index (χ0) is 34.4. The predicted molar refractivity (Wildman–Crippen MR) is 182 cm³/mol. The number of nitrogens with one attached hydrogen (secondary N) is 2. The maximum absolute atomic E-state index is 14.7. The van der Waals surface area contributed by atoms with Crippen molar-refractivity contribution in [1.29, 1.82) is 0 Å². The van der Waals surface area contributed by atoms with E-state index in [2.05, 4.69) is 31.4 Å². The maximum atomic E-state index is 14.7. The molecular formula is C37H33F2N5O5. The predicted octanol–water partition coefficient (Wildman–Crippen LogP) is 5.85. The highest BCUT2D eigenvalue weighted by atomic mass is 19.1. The minimum Gasteiger partial charge on any atom is -0.508 e. The highest BCUT2D eigenvalue weighted by Crippen LogP contribution is 2.39. The van der Waals surface area contributed by atoms with E-state index in [1.807, 2.05) is 18.2 Å². The number of rotatable bonds is 5. The van der Waals surface area contributed by atoms with Crippen molar-refractivity contribution in [3.63, 3.8) is 0 Å². The lowest BCUT2D eigenvalue weighted by atomic mass is 9.95. The van der Waals surface area contributed by atoms with Crippen LogP contribution >= 0.6 is 0 Å². The number of halogens is 2. The summed E-state index contributed by atoms with van der Waals surface area (Å²) in [6.07, 6.45) is 8.74. The third kappa shape index (κ3) is 6.02. The average Bonchev–Trinajstić information content (AvgIpc) is 3.78. The molecule has 2 atom stereocenters. The lowest BCUT2D eigenvalue weighted by Crippen LogP contribution is -2.22. The van der Waals surface area contributed by atoms with Crippen LogP contribution in [0.4, 0.5) is 20.3 Å². The molecule has 2 fully saturated rings. The first-order chi connectivity index (χ1) is 23.6. The Kier molecular flexibility index (Phi) is 8.38. The number of hydrogen-bond donors (Lipinski definition) is 3. The summed E-state index contributed by atoms with van der Waals surface area (Å²) >= 11 is 0. The third-order valence-electron chi connectivity index (χ3n) is 9.32. The van der Waals surface area contributed by atoms with Gasteiger partial charge >= 0.3 is 11.6 Å². The van der Waals surface area contributed by atoms with Gasteiger partial charge in [-0.25, -0.2) is 13.6 Å². The topological polar surface area (TPSA) is 130 Å². The number of amides is 1. The van der Waals surface area contributed by atoms with Gasteiger partial charge in [-0.1, -0.05) is 24.1 Å². The van der Waals surface area contributed by atoms with Crippen molar-refractivity contribution < 1.29 is 27.8 Å². The molecule has 2 aromatic heterocycles. The number of carbonyl (C=O) groups excluding carboxylic acids is 1. The molecule has 49 heavy (non-hydrogen) atoms. The Morgan fingerprint density at radius 3 is 2.80 bits per heavy atom. The Morgan fingerprint density at radius 2 is 2.02 bits per heavy atom. The van der Waals surface area contributed by atoms with Crippen LogP contribution in [-0.2, 0) is 17.8 Å². The molecule has 0 saturated carbocycles. The molecule has 10 nitrogen and oxygen atoms in total. The van der Waals surface area contributed by atoms with E-state index in [0.29, 0.717) is 41.9 Å². The van der Waals surface area contributed by atoms with Gasteiger partial charge in [0.15, 0.2) is 0 Å². The van der Waals surface area contributed by atoms with Crippen LogP contribution in [0, 0.1) is 25.1 Å². The van der Waals surface area contributed by atoms with Crippen molar-refractivity contribution in [2.75, 3.05) is 30.8 Å². The first-order valence-corrected chi connectivity index (χ1v) is 16.0. The SMILES string of the molecule is C#Cc1c(F)ccc2cc(O)cc(-c3oc(=O)c4c(NCc5ccc6c(c5)CC(=O)N6)nc(OC)nc4c3C)c12.FC1CC2CCCN2C1. The molecule has 8 rings (SSSR count). The molecule has 5 heterocycles. The van der Waals surface area contributed by atoms with Gasteiger partial charge in [0.2, 0.25) is 5.91 Å². The second kappa shape index (κ2) is 12.8. The number of aromatic hydroxyl groups is 1. The summed E-state index contributed by atoms with van der Waals surface area (Å²) in [6, 6.07) is 11.7. The van der Waals surface area contributed by atoms with Crippen LogP contribution in [0.1, 0.15) is 41.5 Å². The zero-order valence-electron chi connectivity index (χ0n) is 26.9. The van der Waals surface area contributed by atoms with Crippen molar-refractivity contribution in [2.45, 2.75) is 51.4 Å². The number of nitrogens with zero attached hydrogens (tertiary/aromatic N) is 3. The van der Waals surface area contributed by atoms with Crippen LogP contribution < -0.4 is 21.0 Å². The van der Waals surface area contributed by atoms with Gasteiger partial charge in [0.1, 0.15) is 34.7 Å². The number of methoxy groups -OCH3 is 1. The second-order valence-corrected chi connectivity index (χ2v) is 12.5. The highest BCUT2D eigenvalue weighted by molar-refractivity contribution is 6.03. The van der Waals surface area contributed by atoms with Crippen LogP contribution in [0.2, 0.25) is 0 Å².